The van der Waals surface area contributed by atoms with E-state index < -0.39 is 29.9 Å². The van der Waals surface area contributed by atoms with Crippen LogP contribution < -0.4 is 0 Å². The van der Waals surface area contributed by atoms with Crippen molar-refractivity contribution >= 4 is 5.91 Å². The van der Waals surface area contributed by atoms with Crippen LogP contribution in [0.15, 0.2) is 24.3 Å². The Morgan fingerprint density at radius 2 is 1.69 bits per heavy atom. The molecule has 4 nitrogen and oxygen atoms in total. The second kappa shape index (κ2) is 7.80. The van der Waals surface area contributed by atoms with Crippen LogP contribution in [-0.2, 0) is 12.8 Å². The summed E-state index contributed by atoms with van der Waals surface area (Å²) in [6, 6.07) is 5.69. The van der Waals surface area contributed by atoms with Gasteiger partial charge in [0.25, 0.3) is 5.91 Å². The molecule has 158 valence electrons. The molecule has 3 rings (SSSR count). The van der Waals surface area contributed by atoms with Gasteiger partial charge in [0.15, 0.2) is 5.69 Å². The van der Waals surface area contributed by atoms with Crippen LogP contribution in [-0.4, -0.2) is 39.9 Å². The molecule has 8 heteroatoms. The smallest absolute Gasteiger partial charge is 0.328 e. The second-order valence-corrected chi connectivity index (χ2v) is 8.71. The molecule has 1 aromatic carbocycles. The van der Waals surface area contributed by atoms with E-state index in [1.54, 1.807) is 37.6 Å². The molecule has 0 N–H and O–H groups in total. The molecule has 0 aliphatic heterocycles. The fourth-order valence-corrected chi connectivity index (χ4v) is 3.70. The van der Waals surface area contributed by atoms with Crippen molar-refractivity contribution in [1.82, 2.24) is 14.7 Å². The van der Waals surface area contributed by atoms with E-state index in [-0.39, 0.29) is 12.2 Å². The molecule has 0 fully saturated rings. The first-order valence-corrected chi connectivity index (χ1v) is 9.67. The zero-order valence-corrected chi connectivity index (χ0v) is 16.8. The third kappa shape index (κ3) is 5.16. The van der Waals surface area contributed by atoms with E-state index in [0.29, 0.717) is 24.1 Å². The number of hydrogen-bond donors (Lipinski definition) is 0. The van der Waals surface area contributed by atoms with E-state index >= 15 is 0 Å². The van der Waals surface area contributed by atoms with Crippen molar-refractivity contribution in [3.8, 4) is 5.69 Å². The number of halogens is 4. The number of nitrogens with zero attached hydrogens (tertiary/aromatic N) is 3. The zero-order chi connectivity index (χ0) is 21.4. The number of carbonyl (C=O) groups is 1. The van der Waals surface area contributed by atoms with Gasteiger partial charge in [-0.25, -0.2) is 9.07 Å². The Balaban J connectivity index is 2.03. The Hall–Kier alpha value is -2.38. The van der Waals surface area contributed by atoms with Crippen molar-refractivity contribution in [3.05, 3.63) is 47.0 Å². The molecule has 0 unspecified atom stereocenters. The van der Waals surface area contributed by atoms with Gasteiger partial charge < -0.3 is 4.90 Å². The molecule has 0 atom stereocenters. The minimum absolute atomic E-state index is 0.0382. The maximum absolute atomic E-state index is 13.3. The standard InChI is InChI=1S/C21H25F4N3O/c1-20(2,3)12-27(13-21(23,24)25)19(29)18-16-6-4-5-7-17(16)28(26-18)15-10-8-14(22)9-11-15/h8-11H,4-7,12-13H2,1-3H3. The maximum atomic E-state index is 13.3. The fourth-order valence-electron chi connectivity index (χ4n) is 3.70. The molecule has 0 bridgehead atoms. The topological polar surface area (TPSA) is 38.1 Å². The van der Waals surface area contributed by atoms with Gasteiger partial charge in [-0.3, -0.25) is 4.79 Å². The van der Waals surface area contributed by atoms with Crippen molar-refractivity contribution in [3.63, 3.8) is 0 Å². The largest absolute Gasteiger partial charge is 0.406 e. The summed E-state index contributed by atoms with van der Waals surface area (Å²) in [7, 11) is 0. The minimum atomic E-state index is -4.50. The van der Waals surface area contributed by atoms with Gasteiger partial charge >= 0.3 is 6.18 Å². The molecule has 2 aromatic rings. The zero-order valence-electron chi connectivity index (χ0n) is 16.8. The van der Waals surface area contributed by atoms with Crippen LogP contribution >= 0.6 is 0 Å². The molecule has 0 saturated heterocycles. The lowest BCUT2D eigenvalue weighted by molar-refractivity contribution is -0.142. The highest BCUT2D eigenvalue weighted by Crippen LogP contribution is 2.30. The normalized spacial score (nSPS) is 14.6. The van der Waals surface area contributed by atoms with Gasteiger partial charge in [-0.1, -0.05) is 20.8 Å². The van der Waals surface area contributed by atoms with E-state index in [1.165, 1.54) is 12.1 Å². The summed E-state index contributed by atoms with van der Waals surface area (Å²) in [4.78, 5) is 14.0. The van der Waals surface area contributed by atoms with Crippen LogP contribution in [0, 0.1) is 11.2 Å². The predicted molar refractivity (Wildman–Crippen MR) is 102 cm³/mol. The second-order valence-electron chi connectivity index (χ2n) is 8.71. The lowest BCUT2D eigenvalue weighted by Gasteiger charge is -2.30. The number of rotatable bonds is 4. The number of alkyl halides is 3. The quantitative estimate of drug-likeness (QED) is 0.669. The number of hydrogen-bond acceptors (Lipinski definition) is 2. The molecule has 1 aliphatic carbocycles. The first kappa shape index (κ1) is 21.3. The lowest BCUT2D eigenvalue weighted by Crippen LogP contribution is -2.43. The summed E-state index contributed by atoms with van der Waals surface area (Å²) in [5.74, 6) is -1.11. The van der Waals surface area contributed by atoms with Crippen LogP contribution in [0.1, 0.15) is 55.4 Å². The van der Waals surface area contributed by atoms with Gasteiger partial charge in [0.1, 0.15) is 12.4 Å². The van der Waals surface area contributed by atoms with Crippen molar-refractivity contribution in [1.29, 1.82) is 0 Å². The Kier molecular flexibility index (Phi) is 5.74. The number of aromatic nitrogens is 2. The van der Waals surface area contributed by atoms with Gasteiger partial charge in [0.2, 0.25) is 0 Å². The highest BCUT2D eigenvalue weighted by Gasteiger charge is 2.37. The molecule has 1 aliphatic rings. The minimum Gasteiger partial charge on any atom is -0.328 e. The summed E-state index contributed by atoms with van der Waals surface area (Å²) >= 11 is 0. The van der Waals surface area contributed by atoms with Crippen LogP contribution in [0.2, 0.25) is 0 Å². The van der Waals surface area contributed by atoms with Crippen LogP contribution in [0.5, 0.6) is 0 Å². The van der Waals surface area contributed by atoms with Crippen LogP contribution in [0.25, 0.3) is 5.69 Å². The van der Waals surface area contributed by atoms with Gasteiger partial charge in [-0.05, 0) is 55.4 Å². The van der Waals surface area contributed by atoms with Crippen molar-refractivity contribution in [2.24, 2.45) is 5.41 Å². The summed E-state index contributed by atoms with van der Waals surface area (Å²) < 4.78 is 54.3. The molecular formula is C21H25F4N3O. The summed E-state index contributed by atoms with van der Waals surface area (Å²) in [5, 5.41) is 4.41. The summed E-state index contributed by atoms with van der Waals surface area (Å²) in [6.45, 7) is 4.01. The van der Waals surface area contributed by atoms with Crippen molar-refractivity contribution in [2.45, 2.75) is 52.6 Å². The van der Waals surface area contributed by atoms with Gasteiger partial charge in [-0.15, -0.1) is 0 Å². The van der Waals surface area contributed by atoms with Crippen LogP contribution in [0.3, 0.4) is 0 Å². The summed E-state index contributed by atoms with van der Waals surface area (Å²) in [6.07, 6.45) is -1.48. The first-order valence-electron chi connectivity index (χ1n) is 9.67. The number of fused-ring (bicyclic) bond motifs is 1. The van der Waals surface area contributed by atoms with E-state index in [4.69, 9.17) is 0 Å². The van der Waals surface area contributed by atoms with Gasteiger partial charge in [0.05, 0.1) is 5.69 Å². The number of carbonyl (C=O) groups excluding carboxylic acids is 1. The average Bonchev–Trinajstić information content (AvgIpc) is 2.98. The Labute approximate surface area is 167 Å². The van der Waals surface area contributed by atoms with Gasteiger partial charge in [0, 0.05) is 17.8 Å². The van der Waals surface area contributed by atoms with E-state index in [1.807, 2.05) is 0 Å². The van der Waals surface area contributed by atoms with Gasteiger partial charge in [-0.2, -0.15) is 18.3 Å². The number of benzene rings is 1. The van der Waals surface area contributed by atoms with Crippen molar-refractivity contribution in [2.75, 3.05) is 13.1 Å². The Morgan fingerprint density at radius 1 is 1.07 bits per heavy atom. The highest BCUT2D eigenvalue weighted by molar-refractivity contribution is 5.94. The molecule has 0 radical (unpaired) electrons. The molecular weight excluding hydrogens is 386 g/mol. The van der Waals surface area contributed by atoms with E-state index in [0.717, 1.165) is 23.4 Å². The predicted octanol–water partition coefficient (Wildman–Crippen LogP) is 4.94. The Morgan fingerprint density at radius 3 is 2.28 bits per heavy atom. The monoisotopic (exact) mass is 411 g/mol. The van der Waals surface area contributed by atoms with E-state index in [9.17, 15) is 22.4 Å². The van der Waals surface area contributed by atoms with Crippen LogP contribution in [0.4, 0.5) is 17.6 Å². The molecule has 0 saturated carbocycles. The molecule has 0 spiro atoms. The SMILES string of the molecule is CC(C)(C)CN(CC(F)(F)F)C(=O)c1nn(-c2ccc(F)cc2)c2c1CCCC2. The third-order valence-corrected chi connectivity index (χ3v) is 4.78. The molecule has 1 amide bonds. The third-order valence-electron chi connectivity index (χ3n) is 4.78. The first-order chi connectivity index (χ1) is 13.4. The fraction of sp³-hybridized carbons (Fsp3) is 0.524. The maximum Gasteiger partial charge on any atom is 0.406 e. The lowest BCUT2D eigenvalue weighted by atomic mass is 9.93. The average molecular weight is 411 g/mol. The molecule has 1 heterocycles. The highest BCUT2D eigenvalue weighted by atomic mass is 19.4. The number of amides is 1. The van der Waals surface area contributed by atoms with Crippen molar-refractivity contribution < 1.29 is 22.4 Å². The molecule has 1 aromatic heterocycles. The Bertz CT molecular complexity index is 863. The van der Waals surface area contributed by atoms with E-state index in [2.05, 4.69) is 5.10 Å². The molecule has 29 heavy (non-hydrogen) atoms. The summed E-state index contributed by atoms with van der Waals surface area (Å²) in [5.41, 5.74) is 1.67.